The zero-order valence-electron chi connectivity index (χ0n) is 18.9. The molecule has 2 N–H and O–H groups in total. The zero-order chi connectivity index (χ0) is 23.1. The summed E-state index contributed by atoms with van der Waals surface area (Å²) < 4.78 is 5.52. The van der Waals surface area contributed by atoms with Gasteiger partial charge >= 0.3 is 0 Å². The van der Waals surface area contributed by atoms with Crippen LogP contribution in [0.25, 0.3) is 5.57 Å². The monoisotopic (exact) mass is 428 g/mol. The molecule has 3 rings (SSSR count). The lowest BCUT2D eigenvalue weighted by molar-refractivity contribution is -0.111. The summed E-state index contributed by atoms with van der Waals surface area (Å²) in [6.45, 7) is 9.60. The van der Waals surface area contributed by atoms with Crippen LogP contribution >= 0.6 is 0 Å². The molecule has 0 atom stereocenters. The van der Waals surface area contributed by atoms with Crippen LogP contribution in [-0.4, -0.2) is 23.0 Å². The van der Waals surface area contributed by atoms with Gasteiger partial charge in [-0.05, 0) is 61.2 Å². The predicted octanol–water partition coefficient (Wildman–Crippen LogP) is 5.81. The van der Waals surface area contributed by atoms with Crippen LogP contribution in [0.1, 0.15) is 35.7 Å². The molecule has 0 unspecified atom stereocenters. The van der Waals surface area contributed by atoms with Crippen molar-refractivity contribution in [2.24, 2.45) is 0 Å². The van der Waals surface area contributed by atoms with Gasteiger partial charge in [-0.15, -0.1) is 0 Å². The Morgan fingerprint density at radius 3 is 2.59 bits per heavy atom. The van der Waals surface area contributed by atoms with E-state index in [0.29, 0.717) is 23.1 Å². The van der Waals surface area contributed by atoms with Crippen molar-refractivity contribution in [3.05, 3.63) is 89.8 Å². The number of carbonyl (C=O) groups excluding carboxylic acids is 1. The Balaban J connectivity index is 1.99. The number of nitrogens with one attached hydrogen (secondary N) is 2. The first-order valence-electron chi connectivity index (χ1n) is 10.5. The number of methoxy groups -OCH3 is 1. The second-order valence-electron chi connectivity index (χ2n) is 7.29. The number of aryl methyl sites for hydroxylation is 2. The lowest BCUT2D eigenvalue weighted by atomic mass is 9.97. The Morgan fingerprint density at radius 2 is 1.91 bits per heavy atom. The van der Waals surface area contributed by atoms with Crippen molar-refractivity contribution in [2.75, 3.05) is 17.7 Å². The fourth-order valence-electron chi connectivity index (χ4n) is 3.39. The van der Waals surface area contributed by atoms with Gasteiger partial charge in [-0.2, -0.15) is 0 Å². The van der Waals surface area contributed by atoms with Crippen LogP contribution in [0.3, 0.4) is 0 Å². The van der Waals surface area contributed by atoms with Gasteiger partial charge < -0.3 is 15.4 Å². The number of amides is 1. The van der Waals surface area contributed by atoms with Crippen LogP contribution in [0, 0.1) is 13.8 Å². The van der Waals surface area contributed by atoms with E-state index in [2.05, 4.69) is 54.3 Å². The highest BCUT2D eigenvalue weighted by molar-refractivity contribution is 6.00. The number of anilines is 3. The quantitative estimate of drug-likeness (QED) is 0.443. The molecule has 32 heavy (non-hydrogen) atoms. The number of hydrogen-bond donors (Lipinski definition) is 2. The molecule has 6 nitrogen and oxygen atoms in total. The lowest BCUT2D eigenvalue weighted by Crippen LogP contribution is -2.09. The molecule has 0 aliphatic heterocycles. The zero-order valence-corrected chi connectivity index (χ0v) is 18.9. The second-order valence-corrected chi connectivity index (χ2v) is 7.29. The fourth-order valence-corrected chi connectivity index (χ4v) is 3.39. The van der Waals surface area contributed by atoms with Gasteiger partial charge in [0, 0.05) is 17.5 Å². The van der Waals surface area contributed by atoms with E-state index >= 15 is 0 Å². The van der Waals surface area contributed by atoms with E-state index in [4.69, 9.17) is 9.72 Å². The van der Waals surface area contributed by atoms with Gasteiger partial charge in [0.05, 0.1) is 18.5 Å². The van der Waals surface area contributed by atoms with Crippen LogP contribution in [-0.2, 0) is 4.79 Å². The van der Waals surface area contributed by atoms with Crippen LogP contribution in [0.4, 0.5) is 17.3 Å². The number of ether oxygens (including phenoxy) is 1. The first-order valence-corrected chi connectivity index (χ1v) is 10.5. The molecule has 0 aliphatic carbocycles. The highest BCUT2D eigenvalue weighted by atomic mass is 16.5. The van der Waals surface area contributed by atoms with Crippen molar-refractivity contribution in [3.8, 4) is 5.75 Å². The Bertz CT molecular complexity index is 1170. The van der Waals surface area contributed by atoms with Crippen LogP contribution in [0.15, 0.2) is 67.4 Å². The van der Waals surface area contributed by atoms with E-state index < -0.39 is 0 Å². The molecule has 1 heterocycles. The molecule has 1 aromatic heterocycles. The molecule has 1 amide bonds. The maximum Gasteiger partial charge on any atom is 0.247 e. The molecule has 2 aromatic carbocycles. The number of allylic oxidation sites excluding steroid dienone is 1. The van der Waals surface area contributed by atoms with Gasteiger partial charge in [0.1, 0.15) is 5.75 Å². The van der Waals surface area contributed by atoms with E-state index in [9.17, 15) is 4.79 Å². The molecule has 0 saturated carbocycles. The average molecular weight is 429 g/mol. The molecular formula is C26H28N4O2. The van der Waals surface area contributed by atoms with E-state index in [0.717, 1.165) is 28.8 Å². The summed E-state index contributed by atoms with van der Waals surface area (Å²) >= 11 is 0. The van der Waals surface area contributed by atoms with E-state index in [1.807, 2.05) is 31.2 Å². The third kappa shape index (κ3) is 5.21. The topological polar surface area (TPSA) is 76.1 Å². The van der Waals surface area contributed by atoms with Gasteiger partial charge in [-0.1, -0.05) is 43.8 Å². The minimum atomic E-state index is -0.282. The van der Waals surface area contributed by atoms with Gasteiger partial charge in [-0.25, -0.2) is 9.97 Å². The first kappa shape index (κ1) is 22.7. The summed E-state index contributed by atoms with van der Waals surface area (Å²) in [4.78, 5) is 20.9. The van der Waals surface area contributed by atoms with Crippen molar-refractivity contribution in [1.29, 1.82) is 0 Å². The number of benzene rings is 2. The maximum absolute atomic E-state index is 11.8. The predicted molar refractivity (Wildman–Crippen MR) is 130 cm³/mol. The van der Waals surface area contributed by atoms with E-state index in [1.54, 1.807) is 19.4 Å². The van der Waals surface area contributed by atoms with Crippen molar-refractivity contribution in [3.63, 3.8) is 0 Å². The summed E-state index contributed by atoms with van der Waals surface area (Å²) in [6, 6.07) is 13.8. The van der Waals surface area contributed by atoms with Crippen LogP contribution in [0.5, 0.6) is 5.75 Å². The lowest BCUT2D eigenvalue weighted by Gasteiger charge is -2.16. The summed E-state index contributed by atoms with van der Waals surface area (Å²) in [5, 5.41) is 6.04. The smallest absolute Gasteiger partial charge is 0.247 e. The number of hydrogen-bond acceptors (Lipinski definition) is 5. The number of carbonyl (C=O) groups is 1. The number of nitrogens with zero attached hydrogens (tertiary/aromatic N) is 2. The molecule has 0 saturated heterocycles. The molecule has 3 aromatic rings. The first-order chi connectivity index (χ1) is 15.5. The molecule has 0 fully saturated rings. The molecule has 0 spiro atoms. The molecule has 164 valence electrons. The average Bonchev–Trinajstić information content (AvgIpc) is 2.80. The minimum absolute atomic E-state index is 0.282. The number of aromatic nitrogens is 2. The van der Waals surface area contributed by atoms with Crippen molar-refractivity contribution < 1.29 is 9.53 Å². The Kier molecular flexibility index (Phi) is 7.39. The highest BCUT2D eigenvalue weighted by Crippen LogP contribution is 2.33. The number of rotatable bonds is 8. The molecule has 0 radical (unpaired) electrons. The Morgan fingerprint density at radius 1 is 1.12 bits per heavy atom. The fraction of sp³-hybridized carbons (Fsp3) is 0.192. The van der Waals surface area contributed by atoms with Crippen molar-refractivity contribution in [2.45, 2.75) is 27.2 Å². The third-order valence-electron chi connectivity index (χ3n) is 5.01. The van der Waals surface area contributed by atoms with Gasteiger partial charge in [-0.3, -0.25) is 4.79 Å². The SMILES string of the molecule is C=CC(=O)Nc1cc(Nc2nccc(/C(=C/CC)c3ccccc3C)n2)c(OC)cc1C. The summed E-state index contributed by atoms with van der Waals surface area (Å²) in [7, 11) is 1.60. The molecule has 0 aliphatic rings. The highest BCUT2D eigenvalue weighted by Gasteiger charge is 2.13. The van der Waals surface area contributed by atoms with Gasteiger partial charge in [0.25, 0.3) is 0 Å². The van der Waals surface area contributed by atoms with Crippen molar-refractivity contribution in [1.82, 2.24) is 9.97 Å². The maximum atomic E-state index is 11.8. The minimum Gasteiger partial charge on any atom is -0.495 e. The largest absolute Gasteiger partial charge is 0.495 e. The third-order valence-corrected chi connectivity index (χ3v) is 5.01. The Labute approximate surface area is 189 Å². The van der Waals surface area contributed by atoms with Crippen LogP contribution in [0.2, 0.25) is 0 Å². The molecular weight excluding hydrogens is 400 g/mol. The normalized spacial score (nSPS) is 11.1. The van der Waals surface area contributed by atoms with Crippen molar-refractivity contribution >= 4 is 28.8 Å². The summed E-state index contributed by atoms with van der Waals surface area (Å²) in [5.74, 6) is 0.771. The molecule has 6 heteroatoms. The Hall–Kier alpha value is -3.93. The second kappa shape index (κ2) is 10.4. The summed E-state index contributed by atoms with van der Waals surface area (Å²) in [6.07, 6.45) is 6.02. The van der Waals surface area contributed by atoms with Crippen LogP contribution < -0.4 is 15.4 Å². The van der Waals surface area contributed by atoms with Gasteiger partial charge in [0.15, 0.2) is 0 Å². The van der Waals surface area contributed by atoms with E-state index in [1.165, 1.54) is 11.6 Å². The molecule has 0 bridgehead atoms. The van der Waals surface area contributed by atoms with Gasteiger partial charge in [0.2, 0.25) is 11.9 Å². The van der Waals surface area contributed by atoms with E-state index in [-0.39, 0.29) is 5.91 Å². The standard InChI is InChI=1S/C26H28N4O2/c1-6-10-20(19-12-9-8-11-17(19)3)21-13-14-27-26(29-21)30-23-16-22(28-25(31)7-2)18(4)15-24(23)32-5/h7-16H,2,6H2,1,3-5H3,(H,28,31)(H,27,29,30)/b20-10+. The summed E-state index contributed by atoms with van der Waals surface area (Å²) in [5.41, 5.74) is 6.37.